The van der Waals surface area contributed by atoms with Crippen molar-refractivity contribution in [2.75, 3.05) is 5.75 Å². The molecule has 140 valence electrons. The molecule has 0 N–H and O–H groups in total. The van der Waals surface area contributed by atoms with E-state index in [1.807, 2.05) is 30.3 Å². The molecule has 0 unspecified atom stereocenters. The molecule has 5 heteroatoms. The summed E-state index contributed by atoms with van der Waals surface area (Å²) in [6.07, 6.45) is 0.989. The number of thioether (sulfide) groups is 1. The zero-order chi connectivity index (χ0) is 19.3. The molecule has 28 heavy (non-hydrogen) atoms. The first-order valence-electron chi connectivity index (χ1n) is 9.16. The maximum Gasteiger partial charge on any atom is 0.196 e. The molecule has 0 aliphatic carbocycles. The summed E-state index contributed by atoms with van der Waals surface area (Å²) in [5.74, 6) is 1.76. The first-order valence-corrected chi connectivity index (χ1v) is 10.5. The summed E-state index contributed by atoms with van der Waals surface area (Å²) in [6, 6.07) is 26.7. The Kier molecular flexibility index (Phi) is 5.79. The zero-order valence-corrected chi connectivity index (χ0v) is 17.1. The summed E-state index contributed by atoms with van der Waals surface area (Å²) in [4.78, 5) is 0. The average molecular weight is 406 g/mol. The third-order valence-electron chi connectivity index (χ3n) is 4.46. The molecule has 0 saturated carbocycles. The van der Waals surface area contributed by atoms with Crippen molar-refractivity contribution in [3.63, 3.8) is 0 Å². The van der Waals surface area contributed by atoms with Crippen molar-refractivity contribution in [1.29, 1.82) is 0 Å². The van der Waals surface area contributed by atoms with Crippen LogP contribution in [-0.2, 0) is 6.42 Å². The molecule has 1 aromatic heterocycles. The highest BCUT2D eigenvalue weighted by atomic mass is 35.5. The zero-order valence-electron chi connectivity index (χ0n) is 15.5. The minimum Gasteiger partial charge on any atom is -0.270 e. The normalized spacial score (nSPS) is 10.9. The van der Waals surface area contributed by atoms with Crippen molar-refractivity contribution in [2.24, 2.45) is 0 Å². The van der Waals surface area contributed by atoms with E-state index in [2.05, 4.69) is 70.2 Å². The summed E-state index contributed by atoms with van der Waals surface area (Å²) in [6.45, 7) is 2.10. The molecule has 0 amide bonds. The third-order valence-corrected chi connectivity index (χ3v) is 5.64. The van der Waals surface area contributed by atoms with Crippen LogP contribution in [0.4, 0.5) is 0 Å². The molecule has 0 aliphatic rings. The third kappa shape index (κ3) is 4.29. The Hall–Kier alpha value is -2.56. The molecule has 3 nitrogen and oxygen atoms in total. The average Bonchev–Trinajstić information content (AvgIpc) is 3.13. The van der Waals surface area contributed by atoms with E-state index < -0.39 is 0 Å². The molecule has 0 aliphatic heterocycles. The van der Waals surface area contributed by atoms with E-state index in [0.29, 0.717) is 5.02 Å². The van der Waals surface area contributed by atoms with E-state index in [9.17, 15) is 0 Å². The lowest BCUT2D eigenvalue weighted by Gasteiger charge is -2.11. The van der Waals surface area contributed by atoms with Crippen molar-refractivity contribution in [2.45, 2.75) is 18.5 Å². The van der Waals surface area contributed by atoms with Gasteiger partial charge < -0.3 is 0 Å². The van der Waals surface area contributed by atoms with Crippen LogP contribution in [-0.4, -0.2) is 20.5 Å². The molecular formula is C23H20ClN3S. The van der Waals surface area contributed by atoms with Gasteiger partial charge in [0.15, 0.2) is 11.0 Å². The molecule has 0 saturated heterocycles. The quantitative estimate of drug-likeness (QED) is 0.356. The van der Waals surface area contributed by atoms with Gasteiger partial charge in [-0.25, -0.2) is 0 Å². The van der Waals surface area contributed by atoms with Crippen LogP contribution in [0, 0.1) is 6.92 Å². The van der Waals surface area contributed by atoms with Crippen LogP contribution < -0.4 is 0 Å². The number of benzene rings is 3. The van der Waals surface area contributed by atoms with Gasteiger partial charge >= 0.3 is 0 Å². The Bertz CT molecular complexity index is 1060. The maximum atomic E-state index is 6.06. The van der Waals surface area contributed by atoms with Crippen LogP contribution in [0.3, 0.4) is 0 Å². The lowest BCUT2D eigenvalue weighted by molar-refractivity contribution is 0.884. The second-order valence-electron chi connectivity index (χ2n) is 6.57. The Morgan fingerprint density at radius 1 is 0.893 bits per heavy atom. The van der Waals surface area contributed by atoms with Gasteiger partial charge in [-0.1, -0.05) is 65.8 Å². The van der Waals surface area contributed by atoms with E-state index in [1.165, 1.54) is 11.1 Å². The van der Waals surface area contributed by atoms with Crippen LogP contribution in [0.5, 0.6) is 0 Å². The SMILES string of the molecule is Cc1cccc(-n2c(SCCc3ccccc3)nnc2-c2ccc(Cl)cc2)c1. The van der Waals surface area contributed by atoms with E-state index >= 15 is 0 Å². The predicted octanol–water partition coefficient (Wildman–Crippen LogP) is 6.23. The van der Waals surface area contributed by atoms with Crippen LogP contribution in [0.15, 0.2) is 84.0 Å². The summed E-state index contributed by atoms with van der Waals surface area (Å²) in [5.41, 5.74) is 4.59. The molecule has 4 aromatic rings. The van der Waals surface area contributed by atoms with Crippen LogP contribution in [0.25, 0.3) is 17.1 Å². The van der Waals surface area contributed by atoms with E-state index in [1.54, 1.807) is 11.8 Å². The summed E-state index contributed by atoms with van der Waals surface area (Å²) < 4.78 is 2.13. The second-order valence-corrected chi connectivity index (χ2v) is 8.07. The fourth-order valence-corrected chi connectivity index (χ4v) is 4.12. The molecular weight excluding hydrogens is 386 g/mol. The minimum absolute atomic E-state index is 0.711. The van der Waals surface area contributed by atoms with Crippen LogP contribution >= 0.6 is 23.4 Å². The van der Waals surface area contributed by atoms with Crippen molar-refractivity contribution < 1.29 is 0 Å². The molecule has 3 aromatic carbocycles. The first-order chi connectivity index (χ1) is 13.7. The molecule has 0 bridgehead atoms. The number of rotatable bonds is 6. The lowest BCUT2D eigenvalue weighted by atomic mass is 10.2. The van der Waals surface area contributed by atoms with Crippen molar-refractivity contribution in [3.8, 4) is 17.1 Å². The van der Waals surface area contributed by atoms with E-state index in [4.69, 9.17) is 11.6 Å². The van der Waals surface area contributed by atoms with E-state index in [-0.39, 0.29) is 0 Å². The standard InChI is InChI=1S/C23H20ClN3S/c1-17-6-5-9-21(16-17)27-22(19-10-12-20(24)13-11-19)25-26-23(27)28-15-14-18-7-3-2-4-8-18/h2-13,16H,14-15H2,1H3. The first kappa shape index (κ1) is 18.8. The van der Waals surface area contributed by atoms with Gasteiger partial charge in [0.2, 0.25) is 0 Å². The van der Waals surface area contributed by atoms with E-state index in [0.717, 1.165) is 34.4 Å². The van der Waals surface area contributed by atoms with Crippen molar-refractivity contribution in [1.82, 2.24) is 14.8 Å². The Morgan fingerprint density at radius 3 is 2.43 bits per heavy atom. The van der Waals surface area contributed by atoms with Gasteiger partial charge in [-0.2, -0.15) is 0 Å². The topological polar surface area (TPSA) is 30.7 Å². The number of aromatic nitrogens is 3. The van der Waals surface area contributed by atoms with Crippen molar-refractivity contribution in [3.05, 3.63) is 95.0 Å². The molecule has 1 heterocycles. The summed E-state index contributed by atoms with van der Waals surface area (Å²) in [5, 5.41) is 10.6. The number of nitrogens with zero attached hydrogens (tertiary/aromatic N) is 3. The highest BCUT2D eigenvalue weighted by Crippen LogP contribution is 2.29. The smallest absolute Gasteiger partial charge is 0.196 e. The van der Waals surface area contributed by atoms with Crippen molar-refractivity contribution >= 4 is 23.4 Å². The fourth-order valence-electron chi connectivity index (χ4n) is 3.05. The minimum atomic E-state index is 0.711. The highest BCUT2D eigenvalue weighted by Gasteiger charge is 2.16. The monoisotopic (exact) mass is 405 g/mol. The molecule has 0 atom stereocenters. The predicted molar refractivity (Wildman–Crippen MR) is 117 cm³/mol. The summed E-state index contributed by atoms with van der Waals surface area (Å²) in [7, 11) is 0. The molecule has 0 spiro atoms. The van der Waals surface area contributed by atoms with Gasteiger partial charge in [0.1, 0.15) is 0 Å². The molecule has 4 rings (SSSR count). The van der Waals surface area contributed by atoms with Gasteiger partial charge in [0.05, 0.1) is 0 Å². The van der Waals surface area contributed by atoms with Crippen LogP contribution in [0.1, 0.15) is 11.1 Å². The van der Waals surface area contributed by atoms with Gasteiger partial charge in [-0.15, -0.1) is 10.2 Å². The highest BCUT2D eigenvalue weighted by molar-refractivity contribution is 7.99. The van der Waals surface area contributed by atoms with Gasteiger partial charge in [-0.3, -0.25) is 4.57 Å². The molecule has 0 fully saturated rings. The van der Waals surface area contributed by atoms with Gasteiger partial charge in [0.25, 0.3) is 0 Å². The van der Waals surface area contributed by atoms with Gasteiger partial charge in [0, 0.05) is 22.0 Å². The molecule has 0 radical (unpaired) electrons. The number of hydrogen-bond donors (Lipinski definition) is 0. The fraction of sp³-hybridized carbons (Fsp3) is 0.130. The Labute approximate surface area is 174 Å². The van der Waals surface area contributed by atoms with Crippen LogP contribution in [0.2, 0.25) is 5.02 Å². The van der Waals surface area contributed by atoms with Gasteiger partial charge in [-0.05, 0) is 60.9 Å². The second kappa shape index (κ2) is 8.63. The summed E-state index contributed by atoms with van der Waals surface area (Å²) >= 11 is 7.79. The number of hydrogen-bond acceptors (Lipinski definition) is 3. The Balaban J connectivity index is 1.67. The Morgan fingerprint density at radius 2 is 1.68 bits per heavy atom. The largest absolute Gasteiger partial charge is 0.270 e. The number of halogens is 1. The maximum absolute atomic E-state index is 6.06. The lowest BCUT2D eigenvalue weighted by Crippen LogP contribution is -2.01. The number of aryl methyl sites for hydroxylation is 2.